The van der Waals surface area contributed by atoms with E-state index in [0.717, 1.165) is 29.5 Å². The molecule has 1 aromatic heterocycles. The zero-order valence-electron chi connectivity index (χ0n) is 17.8. The minimum absolute atomic E-state index is 0.0303. The van der Waals surface area contributed by atoms with Gasteiger partial charge in [0.1, 0.15) is 0 Å². The van der Waals surface area contributed by atoms with Crippen LogP contribution in [0.2, 0.25) is 5.02 Å². The van der Waals surface area contributed by atoms with Crippen LogP contribution >= 0.6 is 11.6 Å². The number of nitrogens with zero attached hydrogens (tertiary/aromatic N) is 3. The summed E-state index contributed by atoms with van der Waals surface area (Å²) in [5.41, 5.74) is 8.12. The van der Waals surface area contributed by atoms with Gasteiger partial charge in [0.05, 0.1) is 19.1 Å². The standard InChI is InChI=1S/C23H27ClN4O3/c1-23(14-19(29)28(22(25)27-23)17-8-11-31-12-9-17)18-7-3-5-15(20(18)24)13-16-6-4-10-26-21(16)30-2/h3-7,10,17H,8-9,11-14H2,1-2H3,(H2,25,27)/t23-/m0/s1. The number of rotatable bonds is 5. The highest BCUT2D eigenvalue weighted by atomic mass is 35.5. The van der Waals surface area contributed by atoms with Crippen LogP contribution in [0.5, 0.6) is 5.88 Å². The molecule has 0 unspecified atom stereocenters. The minimum atomic E-state index is -0.824. The Balaban J connectivity index is 1.65. The van der Waals surface area contributed by atoms with E-state index in [-0.39, 0.29) is 24.3 Å². The zero-order chi connectivity index (χ0) is 22.0. The van der Waals surface area contributed by atoms with Crippen molar-refractivity contribution in [2.45, 2.75) is 44.2 Å². The molecule has 0 bridgehead atoms. The lowest BCUT2D eigenvalue weighted by atomic mass is 9.85. The minimum Gasteiger partial charge on any atom is -0.481 e. The third-order valence-electron chi connectivity index (χ3n) is 6.01. The summed E-state index contributed by atoms with van der Waals surface area (Å²) in [6, 6.07) is 9.68. The summed E-state index contributed by atoms with van der Waals surface area (Å²) < 4.78 is 10.8. The molecular formula is C23H27ClN4O3. The predicted octanol–water partition coefficient (Wildman–Crippen LogP) is 3.28. The quantitative estimate of drug-likeness (QED) is 0.767. The van der Waals surface area contributed by atoms with Gasteiger partial charge in [0.2, 0.25) is 11.8 Å². The molecule has 2 aliphatic rings. The number of amides is 1. The number of carbonyl (C=O) groups is 1. The van der Waals surface area contributed by atoms with Crippen LogP contribution in [0.25, 0.3) is 0 Å². The molecule has 1 amide bonds. The fourth-order valence-corrected chi connectivity index (χ4v) is 4.82. The molecule has 0 saturated carbocycles. The van der Waals surface area contributed by atoms with Crippen molar-refractivity contribution in [3.05, 3.63) is 58.2 Å². The number of aliphatic imine (C=N–C) groups is 1. The first-order valence-corrected chi connectivity index (χ1v) is 10.8. The number of carbonyl (C=O) groups excluding carboxylic acids is 1. The predicted molar refractivity (Wildman–Crippen MR) is 119 cm³/mol. The smallest absolute Gasteiger partial charge is 0.232 e. The highest BCUT2D eigenvalue weighted by Crippen LogP contribution is 2.40. The molecule has 8 heteroatoms. The maximum Gasteiger partial charge on any atom is 0.232 e. The second-order valence-corrected chi connectivity index (χ2v) is 8.53. The molecule has 2 aromatic rings. The molecule has 7 nitrogen and oxygen atoms in total. The van der Waals surface area contributed by atoms with Crippen LogP contribution in [-0.4, -0.2) is 48.1 Å². The van der Waals surface area contributed by atoms with Crippen molar-refractivity contribution in [3.63, 3.8) is 0 Å². The number of hydrogen-bond donors (Lipinski definition) is 1. The monoisotopic (exact) mass is 442 g/mol. The third kappa shape index (κ3) is 4.25. The molecule has 3 heterocycles. The fraction of sp³-hybridized carbons (Fsp3) is 0.435. The van der Waals surface area contributed by atoms with Gasteiger partial charge in [0.15, 0.2) is 5.96 Å². The normalized spacial score (nSPS) is 22.4. The number of nitrogens with two attached hydrogens (primary N) is 1. The number of methoxy groups -OCH3 is 1. The molecule has 1 aromatic carbocycles. The summed E-state index contributed by atoms with van der Waals surface area (Å²) in [5.74, 6) is 0.788. The van der Waals surface area contributed by atoms with E-state index in [4.69, 9.17) is 31.8 Å². The zero-order valence-corrected chi connectivity index (χ0v) is 18.6. The molecule has 1 saturated heterocycles. The molecule has 0 radical (unpaired) electrons. The summed E-state index contributed by atoms with van der Waals surface area (Å²) in [7, 11) is 1.60. The average molecular weight is 443 g/mol. The van der Waals surface area contributed by atoms with E-state index in [1.54, 1.807) is 18.2 Å². The van der Waals surface area contributed by atoms with Crippen molar-refractivity contribution < 1.29 is 14.3 Å². The van der Waals surface area contributed by atoms with Crippen LogP contribution in [0.3, 0.4) is 0 Å². The second-order valence-electron chi connectivity index (χ2n) is 8.16. The van der Waals surface area contributed by atoms with E-state index in [0.29, 0.717) is 30.5 Å². The first-order valence-electron chi connectivity index (χ1n) is 10.4. The van der Waals surface area contributed by atoms with Crippen molar-refractivity contribution in [3.8, 4) is 5.88 Å². The highest BCUT2D eigenvalue weighted by molar-refractivity contribution is 6.32. The van der Waals surface area contributed by atoms with Gasteiger partial charge < -0.3 is 15.2 Å². The van der Waals surface area contributed by atoms with Crippen LogP contribution in [0.1, 0.15) is 42.9 Å². The van der Waals surface area contributed by atoms with Gasteiger partial charge in [-0.15, -0.1) is 0 Å². The van der Waals surface area contributed by atoms with Crippen molar-refractivity contribution in [1.82, 2.24) is 9.88 Å². The largest absolute Gasteiger partial charge is 0.481 e. The van der Waals surface area contributed by atoms with Crippen molar-refractivity contribution in [2.75, 3.05) is 20.3 Å². The summed E-state index contributed by atoms with van der Waals surface area (Å²) in [4.78, 5) is 23.8. The lowest BCUT2D eigenvalue weighted by Crippen LogP contribution is -2.55. The summed E-state index contributed by atoms with van der Waals surface area (Å²) in [5, 5.41) is 0.583. The Hall–Kier alpha value is -2.64. The van der Waals surface area contributed by atoms with Gasteiger partial charge in [-0.3, -0.25) is 9.69 Å². The van der Waals surface area contributed by atoms with Crippen LogP contribution in [0.4, 0.5) is 0 Å². The molecule has 4 rings (SSSR count). The van der Waals surface area contributed by atoms with Crippen LogP contribution in [-0.2, 0) is 21.5 Å². The molecule has 1 atom stereocenters. The lowest BCUT2D eigenvalue weighted by Gasteiger charge is -2.40. The van der Waals surface area contributed by atoms with E-state index in [1.165, 1.54) is 0 Å². The van der Waals surface area contributed by atoms with Gasteiger partial charge in [0.25, 0.3) is 0 Å². The molecule has 2 aliphatic heterocycles. The lowest BCUT2D eigenvalue weighted by molar-refractivity contribution is -0.132. The van der Waals surface area contributed by atoms with Gasteiger partial charge >= 0.3 is 0 Å². The molecule has 2 N–H and O–H groups in total. The van der Waals surface area contributed by atoms with Gasteiger partial charge in [-0.05, 0) is 37.0 Å². The Kier molecular flexibility index (Phi) is 6.16. The summed E-state index contributed by atoms with van der Waals surface area (Å²) in [6.07, 6.45) is 3.99. The number of ether oxygens (including phenoxy) is 2. The van der Waals surface area contributed by atoms with Crippen molar-refractivity contribution in [1.29, 1.82) is 0 Å². The first-order chi connectivity index (χ1) is 14.9. The molecule has 164 valence electrons. The van der Waals surface area contributed by atoms with Gasteiger partial charge in [-0.25, -0.2) is 9.98 Å². The topological polar surface area (TPSA) is 90.0 Å². The summed E-state index contributed by atoms with van der Waals surface area (Å²) >= 11 is 6.84. The van der Waals surface area contributed by atoms with Crippen molar-refractivity contribution >= 4 is 23.5 Å². The number of pyridine rings is 1. The van der Waals surface area contributed by atoms with Gasteiger partial charge in [0, 0.05) is 42.5 Å². The van der Waals surface area contributed by atoms with Crippen LogP contribution in [0, 0.1) is 0 Å². The third-order valence-corrected chi connectivity index (χ3v) is 6.46. The Morgan fingerprint density at radius 1 is 1.26 bits per heavy atom. The molecular weight excluding hydrogens is 416 g/mol. The van der Waals surface area contributed by atoms with Gasteiger partial charge in [-0.2, -0.15) is 0 Å². The first kappa shape index (κ1) is 21.6. The second kappa shape index (κ2) is 8.85. The average Bonchev–Trinajstić information content (AvgIpc) is 2.75. The Labute approximate surface area is 187 Å². The molecule has 0 spiro atoms. The molecule has 1 fully saturated rings. The highest BCUT2D eigenvalue weighted by Gasteiger charge is 2.41. The van der Waals surface area contributed by atoms with Crippen molar-refractivity contribution in [2.24, 2.45) is 10.7 Å². The van der Waals surface area contributed by atoms with E-state index in [2.05, 4.69) is 4.98 Å². The van der Waals surface area contributed by atoms with Gasteiger partial charge in [-0.1, -0.05) is 35.9 Å². The fourth-order valence-electron chi connectivity index (χ4n) is 4.42. The molecule has 31 heavy (non-hydrogen) atoms. The maximum atomic E-state index is 13.1. The molecule has 0 aliphatic carbocycles. The van der Waals surface area contributed by atoms with E-state index < -0.39 is 5.54 Å². The maximum absolute atomic E-state index is 13.1. The van der Waals surface area contributed by atoms with E-state index in [1.807, 2.05) is 37.3 Å². The Morgan fingerprint density at radius 3 is 2.71 bits per heavy atom. The van der Waals surface area contributed by atoms with E-state index in [9.17, 15) is 4.79 Å². The number of guanidine groups is 1. The number of aromatic nitrogens is 1. The Bertz CT molecular complexity index is 1010. The SMILES string of the molecule is COc1ncccc1Cc1cccc([C@]2(C)CC(=O)N(C3CCOCC3)C(N)=N2)c1Cl. The Morgan fingerprint density at radius 2 is 2.00 bits per heavy atom. The van der Waals surface area contributed by atoms with Crippen LogP contribution < -0.4 is 10.5 Å². The van der Waals surface area contributed by atoms with E-state index >= 15 is 0 Å². The van der Waals surface area contributed by atoms with Crippen LogP contribution in [0.15, 0.2) is 41.5 Å². The number of hydrogen-bond acceptors (Lipinski definition) is 6. The number of halogens is 1. The number of benzene rings is 1. The summed E-state index contributed by atoms with van der Waals surface area (Å²) in [6.45, 7) is 3.17.